The molecule has 0 spiro atoms. The minimum absolute atomic E-state index is 0.0485. The molecule has 2 saturated heterocycles. The summed E-state index contributed by atoms with van der Waals surface area (Å²) in [6, 6.07) is 16.3. The summed E-state index contributed by atoms with van der Waals surface area (Å²) in [5, 5.41) is 13.8. The van der Waals surface area contributed by atoms with Crippen LogP contribution in [-0.4, -0.2) is 51.7 Å². The van der Waals surface area contributed by atoms with Crippen LogP contribution in [0, 0.1) is 28.5 Å². The molecule has 0 radical (unpaired) electrons. The summed E-state index contributed by atoms with van der Waals surface area (Å²) < 4.78 is 15.6. The first-order chi connectivity index (χ1) is 19.9. The summed E-state index contributed by atoms with van der Waals surface area (Å²) in [6.45, 7) is 6.42. The van der Waals surface area contributed by atoms with Crippen molar-refractivity contribution in [2.45, 2.75) is 45.1 Å². The van der Waals surface area contributed by atoms with Crippen molar-refractivity contribution in [3.8, 4) is 11.8 Å². The van der Waals surface area contributed by atoms with Crippen LogP contribution in [0.3, 0.4) is 0 Å². The van der Waals surface area contributed by atoms with E-state index in [9.17, 15) is 9.18 Å². The van der Waals surface area contributed by atoms with E-state index in [0.717, 1.165) is 69.8 Å². The third-order valence-corrected chi connectivity index (χ3v) is 9.24. The quantitative estimate of drug-likeness (QED) is 0.365. The van der Waals surface area contributed by atoms with Crippen LogP contribution < -0.4 is 0 Å². The number of nitriles is 1. The lowest BCUT2D eigenvalue weighted by atomic mass is 9.73. The fourth-order valence-electron chi connectivity index (χ4n) is 6.74. The molecular weight excluding hydrogens is 513 g/mol. The van der Waals surface area contributed by atoms with Gasteiger partial charge in [0.1, 0.15) is 5.82 Å². The maximum atomic E-state index is 14.1. The largest absolute Gasteiger partial charge is 0.338 e. The SMILES string of the molecule is C[C@@]1(C2C=CC=CC2)CCN(C(=O)c2cnn(-c3ccc(F)cc3)c2C2CCN(Cc3ccc(C#N)cc3)CC2)C1. The second kappa shape index (κ2) is 11.5. The van der Waals surface area contributed by atoms with Gasteiger partial charge in [0.15, 0.2) is 0 Å². The molecule has 0 saturated carbocycles. The van der Waals surface area contributed by atoms with Crippen molar-refractivity contribution in [2.24, 2.45) is 11.3 Å². The summed E-state index contributed by atoms with van der Waals surface area (Å²) in [4.78, 5) is 18.5. The number of halogens is 1. The maximum absolute atomic E-state index is 14.1. The molecule has 6 nitrogen and oxygen atoms in total. The fraction of sp³-hybridized carbons (Fsp3) is 0.382. The van der Waals surface area contributed by atoms with Gasteiger partial charge in [-0.25, -0.2) is 9.07 Å². The molecule has 3 heterocycles. The lowest BCUT2D eigenvalue weighted by Gasteiger charge is -2.33. The lowest BCUT2D eigenvalue weighted by Crippen LogP contribution is -2.36. The van der Waals surface area contributed by atoms with Gasteiger partial charge in [-0.15, -0.1) is 0 Å². The predicted molar refractivity (Wildman–Crippen MR) is 157 cm³/mol. The Morgan fingerprint density at radius 3 is 2.51 bits per heavy atom. The van der Waals surface area contributed by atoms with Crippen molar-refractivity contribution in [3.05, 3.63) is 107 Å². The molecule has 1 aromatic heterocycles. The number of likely N-dealkylation sites (tertiary alicyclic amines) is 2. The van der Waals surface area contributed by atoms with Gasteiger partial charge in [-0.2, -0.15) is 10.4 Å². The predicted octanol–water partition coefficient (Wildman–Crippen LogP) is 6.25. The van der Waals surface area contributed by atoms with Crippen molar-refractivity contribution in [2.75, 3.05) is 26.2 Å². The molecular formula is C34H36FN5O. The number of piperidine rings is 1. The van der Waals surface area contributed by atoms with E-state index >= 15 is 0 Å². The highest BCUT2D eigenvalue weighted by Crippen LogP contribution is 2.42. The summed E-state index contributed by atoms with van der Waals surface area (Å²) in [7, 11) is 0. The molecule has 0 N–H and O–H groups in total. The van der Waals surface area contributed by atoms with E-state index in [4.69, 9.17) is 10.4 Å². The first-order valence-corrected chi connectivity index (χ1v) is 14.6. The number of benzene rings is 2. The summed E-state index contributed by atoms with van der Waals surface area (Å²) in [5.74, 6) is 0.358. The van der Waals surface area contributed by atoms with Gasteiger partial charge in [0.05, 0.1) is 34.8 Å². The van der Waals surface area contributed by atoms with Gasteiger partial charge in [-0.05, 0) is 92.1 Å². The standard InChI is InChI=1S/C34H36FN5O/c1-34(28-5-3-2-4-6-28)17-20-39(24-34)33(41)31-22-37-40(30-13-11-29(35)12-14-30)32(31)27-15-18-38(19-16-27)23-26-9-7-25(21-36)8-10-26/h2-5,7-14,22,27-28H,6,15-20,23-24H2,1H3/t28?,34-/m1/s1. The topological polar surface area (TPSA) is 65.2 Å². The number of hydrogen-bond acceptors (Lipinski definition) is 4. The zero-order valence-corrected chi connectivity index (χ0v) is 23.5. The number of nitrogens with zero attached hydrogens (tertiary/aromatic N) is 5. The van der Waals surface area contributed by atoms with Crippen molar-refractivity contribution in [1.82, 2.24) is 19.6 Å². The first kappa shape index (κ1) is 27.2. The third-order valence-electron chi connectivity index (χ3n) is 9.24. The average molecular weight is 550 g/mol. The molecule has 2 aliphatic heterocycles. The van der Waals surface area contributed by atoms with E-state index in [-0.39, 0.29) is 23.1 Å². The Morgan fingerprint density at radius 1 is 1.07 bits per heavy atom. The molecule has 7 heteroatoms. The van der Waals surface area contributed by atoms with E-state index in [1.54, 1.807) is 18.3 Å². The normalized spacial score (nSPS) is 23.1. The fourth-order valence-corrected chi connectivity index (χ4v) is 6.74. The number of amides is 1. The molecule has 3 aliphatic rings. The Kier molecular flexibility index (Phi) is 7.59. The van der Waals surface area contributed by atoms with Gasteiger partial charge in [0.2, 0.25) is 0 Å². The van der Waals surface area contributed by atoms with Gasteiger partial charge in [-0.3, -0.25) is 9.69 Å². The molecule has 210 valence electrons. The Bertz CT molecular complexity index is 1490. The highest BCUT2D eigenvalue weighted by atomic mass is 19.1. The molecule has 0 bridgehead atoms. The number of rotatable bonds is 6. The van der Waals surface area contributed by atoms with Crippen LogP contribution in [0.5, 0.6) is 0 Å². The number of carbonyl (C=O) groups is 1. The smallest absolute Gasteiger partial charge is 0.257 e. The average Bonchev–Trinajstić information content (AvgIpc) is 3.64. The Hall–Kier alpha value is -4.02. The zero-order chi connectivity index (χ0) is 28.4. The number of hydrogen-bond donors (Lipinski definition) is 0. The van der Waals surface area contributed by atoms with E-state index in [1.807, 2.05) is 33.8 Å². The van der Waals surface area contributed by atoms with E-state index in [1.165, 1.54) is 17.7 Å². The minimum Gasteiger partial charge on any atom is -0.338 e. The van der Waals surface area contributed by atoms with Gasteiger partial charge >= 0.3 is 0 Å². The molecule has 2 atom stereocenters. The third kappa shape index (κ3) is 5.62. The molecule has 3 aromatic rings. The van der Waals surface area contributed by atoms with Crippen LogP contribution in [0.25, 0.3) is 5.69 Å². The molecule has 1 aliphatic carbocycles. The lowest BCUT2D eigenvalue weighted by molar-refractivity contribution is 0.0763. The molecule has 41 heavy (non-hydrogen) atoms. The van der Waals surface area contributed by atoms with Gasteiger partial charge in [0, 0.05) is 25.6 Å². The molecule has 1 amide bonds. The first-order valence-electron chi connectivity index (χ1n) is 14.6. The van der Waals surface area contributed by atoms with Crippen LogP contribution in [0.1, 0.15) is 65.7 Å². The number of carbonyl (C=O) groups excluding carboxylic acids is 1. The van der Waals surface area contributed by atoms with E-state index in [2.05, 4.69) is 42.2 Å². The van der Waals surface area contributed by atoms with Crippen molar-refractivity contribution in [1.29, 1.82) is 5.26 Å². The van der Waals surface area contributed by atoms with Crippen LogP contribution in [0.15, 0.2) is 79.0 Å². The van der Waals surface area contributed by atoms with Crippen LogP contribution in [-0.2, 0) is 6.54 Å². The van der Waals surface area contributed by atoms with Gasteiger partial charge in [0.25, 0.3) is 5.91 Å². The van der Waals surface area contributed by atoms with Crippen LogP contribution in [0.2, 0.25) is 0 Å². The Balaban J connectivity index is 1.22. The second-order valence-electron chi connectivity index (χ2n) is 12.0. The molecule has 1 unspecified atom stereocenters. The van der Waals surface area contributed by atoms with Gasteiger partial charge in [-0.1, -0.05) is 43.4 Å². The van der Waals surface area contributed by atoms with Crippen molar-refractivity contribution < 1.29 is 9.18 Å². The molecule has 2 fully saturated rings. The highest BCUT2D eigenvalue weighted by molar-refractivity contribution is 5.95. The van der Waals surface area contributed by atoms with Gasteiger partial charge < -0.3 is 4.90 Å². The summed E-state index contributed by atoms with van der Waals surface area (Å²) in [5.41, 5.74) is 4.29. The van der Waals surface area contributed by atoms with Crippen molar-refractivity contribution >= 4 is 5.91 Å². The minimum atomic E-state index is -0.294. The molecule has 2 aromatic carbocycles. The maximum Gasteiger partial charge on any atom is 0.257 e. The van der Waals surface area contributed by atoms with E-state index < -0.39 is 0 Å². The monoisotopic (exact) mass is 549 g/mol. The number of aromatic nitrogens is 2. The zero-order valence-electron chi connectivity index (χ0n) is 23.5. The van der Waals surface area contributed by atoms with Crippen molar-refractivity contribution in [3.63, 3.8) is 0 Å². The Morgan fingerprint density at radius 2 is 1.83 bits per heavy atom. The van der Waals surface area contributed by atoms with E-state index in [0.29, 0.717) is 17.0 Å². The number of allylic oxidation sites excluding steroid dienone is 4. The summed E-state index contributed by atoms with van der Waals surface area (Å²) >= 11 is 0. The highest BCUT2D eigenvalue weighted by Gasteiger charge is 2.42. The van der Waals surface area contributed by atoms with Crippen LogP contribution in [0.4, 0.5) is 4.39 Å². The Labute approximate surface area is 241 Å². The molecule has 6 rings (SSSR count). The van der Waals surface area contributed by atoms with Crippen LogP contribution >= 0.6 is 0 Å². The second-order valence-corrected chi connectivity index (χ2v) is 12.0. The summed E-state index contributed by atoms with van der Waals surface area (Å²) in [6.07, 6.45) is 14.3.